The molecule has 0 aliphatic heterocycles. The number of methoxy groups -OCH3 is 1. The van der Waals surface area contributed by atoms with Gasteiger partial charge in [0, 0.05) is 11.3 Å². The number of benzene rings is 2. The number of ether oxygens (including phenoxy) is 1. The molecular formula is C19H21NO2. The van der Waals surface area contributed by atoms with Gasteiger partial charge in [0.05, 0.1) is 7.11 Å². The lowest BCUT2D eigenvalue weighted by atomic mass is 10.1. The van der Waals surface area contributed by atoms with Crippen molar-refractivity contribution in [3.8, 4) is 5.75 Å². The summed E-state index contributed by atoms with van der Waals surface area (Å²) in [4.78, 5) is 12.2. The molecule has 0 aliphatic carbocycles. The summed E-state index contributed by atoms with van der Waals surface area (Å²) in [7, 11) is 1.62. The molecule has 0 atom stereocenters. The van der Waals surface area contributed by atoms with Gasteiger partial charge >= 0.3 is 0 Å². The van der Waals surface area contributed by atoms with Crippen LogP contribution in [-0.4, -0.2) is 13.0 Å². The van der Waals surface area contributed by atoms with Gasteiger partial charge in [-0.3, -0.25) is 4.79 Å². The normalized spacial score (nSPS) is 10.6. The number of allylic oxidation sites excluding steroid dienone is 1. The fourth-order valence-electron chi connectivity index (χ4n) is 2.01. The Hall–Kier alpha value is -2.55. The Morgan fingerprint density at radius 3 is 2.36 bits per heavy atom. The molecule has 0 bridgehead atoms. The lowest BCUT2D eigenvalue weighted by molar-refractivity contribution is 0.102. The smallest absolute Gasteiger partial charge is 0.255 e. The molecule has 0 saturated carbocycles. The molecule has 0 fully saturated rings. The minimum Gasteiger partial charge on any atom is -0.497 e. The van der Waals surface area contributed by atoms with Crippen molar-refractivity contribution in [2.24, 2.45) is 0 Å². The third-order valence-corrected chi connectivity index (χ3v) is 3.29. The van der Waals surface area contributed by atoms with Crippen molar-refractivity contribution in [3.05, 3.63) is 65.7 Å². The summed E-state index contributed by atoms with van der Waals surface area (Å²) < 4.78 is 5.09. The molecule has 0 unspecified atom stereocenters. The molecule has 0 spiro atoms. The van der Waals surface area contributed by atoms with Crippen molar-refractivity contribution in [3.63, 3.8) is 0 Å². The predicted molar refractivity (Wildman–Crippen MR) is 91.3 cm³/mol. The average Bonchev–Trinajstić information content (AvgIpc) is 2.56. The zero-order valence-electron chi connectivity index (χ0n) is 13.0. The summed E-state index contributed by atoms with van der Waals surface area (Å²) in [6, 6.07) is 14.9. The largest absolute Gasteiger partial charge is 0.497 e. The van der Waals surface area contributed by atoms with Crippen LogP contribution in [0.2, 0.25) is 0 Å². The maximum Gasteiger partial charge on any atom is 0.255 e. The Labute approximate surface area is 131 Å². The first-order valence-corrected chi connectivity index (χ1v) is 7.45. The van der Waals surface area contributed by atoms with Crippen molar-refractivity contribution in [1.29, 1.82) is 0 Å². The number of carbonyl (C=O) groups is 1. The summed E-state index contributed by atoms with van der Waals surface area (Å²) in [5, 5.41) is 2.87. The van der Waals surface area contributed by atoms with Gasteiger partial charge in [0.15, 0.2) is 0 Å². The standard InChI is InChI=1S/C19H21NO2/c1-3-4-5-6-15-7-9-16(10-8-15)19(21)20-17-11-13-18(22-2)14-12-17/h5-14H,3-4H2,1-2H3,(H,20,21)/b6-5+. The highest BCUT2D eigenvalue weighted by atomic mass is 16.5. The van der Waals surface area contributed by atoms with Crippen molar-refractivity contribution in [2.45, 2.75) is 19.8 Å². The van der Waals surface area contributed by atoms with Crippen LogP contribution in [0.3, 0.4) is 0 Å². The van der Waals surface area contributed by atoms with E-state index in [-0.39, 0.29) is 5.91 Å². The highest BCUT2D eigenvalue weighted by molar-refractivity contribution is 6.04. The third kappa shape index (κ3) is 4.48. The van der Waals surface area contributed by atoms with Gasteiger partial charge in [-0.1, -0.05) is 37.6 Å². The lowest BCUT2D eigenvalue weighted by Crippen LogP contribution is -2.11. The van der Waals surface area contributed by atoms with E-state index in [4.69, 9.17) is 4.74 Å². The first-order valence-electron chi connectivity index (χ1n) is 7.45. The maximum atomic E-state index is 12.2. The Balaban J connectivity index is 1.99. The monoisotopic (exact) mass is 295 g/mol. The Kier molecular flexibility index (Phi) is 5.78. The van der Waals surface area contributed by atoms with Gasteiger partial charge < -0.3 is 10.1 Å². The van der Waals surface area contributed by atoms with E-state index in [0.717, 1.165) is 29.8 Å². The van der Waals surface area contributed by atoms with E-state index in [2.05, 4.69) is 24.4 Å². The fraction of sp³-hybridized carbons (Fsp3) is 0.211. The van der Waals surface area contributed by atoms with Crippen LogP contribution in [0.5, 0.6) is 5.75 Å². The SMILES string of the molecule is CCC/C=C/c1ccc(C(=O)Nc2ccc(OC)cc2)cc1. The quantitative estimate of drug-likeness (QED) is 0.834. The highest BCUT2D eigenvalue weighted by Crippen LogP contribution is 2.16. The molecule has 3 nitrogen and oxygen atoms in total. The zero-order valence-corrected chi connectivity index (χ0v) is 13.0. The van der Waals surface area contributed by atoms with E-state index in [1.807, 2.05) is 48.5 Å². The predicted octanol–water partition coefficient (Wildman–Crippen LogP) is 4.76. The lowest BCUT2D eigenvalue weighted by Gasteiger charge is -2.06. The average molecular weight is 295 g/mol. The maximum absolute atomic E-state index is 12.2. The molecule has 0 saturated heterocycles. The van der Waals surface area contributed by atoms with Crippen LogP contribution in [0.1, 0.15) is 35.7 Å². The molecule has 0 radical (unpaired) electrons. The van der Waals surface area contributed by atoms with Crippen LogP contribution < -0.4 is 10.1 Å². The van der Waals surface area contributed by atoms with Crippen LogP contribution in [0, 0.1) is 0 Å². The molecule has 0 aliphatic rings. The Bertz CT molecular complexity index is 627. The number of amides is 1. The van der Waals surface area contributed by atoms with Crippen molar-refractivity contribution < 1.29 is 9.53 Å². The van der Waals surface area contributed by atoms with E-state index >= 15 is 0 Å². The van der Waals surface area contributed by atoms with Gasteiger partial charge in [0.25, 0.3) is 5.91 Å². The summed E-state index contributed by atoms with van der Waals surface area (Å²) in [6.45, 7) is 2.15. The van der Waals surface area contributed by atoms with Gasteiger partial charge in [-0.15, -0.1) is 0 Å². The molecule has 1 N–H and O–H groups in total. The second kappa shape index (κ2) is 8.03. The minimum atomic E-state index is -0.116. The van der Waals surface area contributed by atoms with Crippen molar-refractivity contribution in [1.82, 2.24) is 0 Å². The zero-order chi connectivity index (χ0) is 15.8. The van der Waals surface area contributed by atoms with Gasteiger partial charge in [-0.25, -0.2) is 0 Å². The van der Waals surface area contributed by atoms with E-state index in [1.54, 1.807) is 7.11 Å². The summed E-state index contributed by atoms with van der Waals surface area (Å²) in [6.07, 6.45) is 6.43. The number of hydrogen-bond acceptors (Lipinski definition) is 2. The van der Waals surface area contributed by atoms with E-state index in [1.165, 1.54) is 0 Å². The van der Waals surface area contributed by atoms with Crippen molar-refractivity contribution in [2.75, 3.05) is 12.4 Å². The Morgan fingerprint density at radius 2 is 1.77 bits per heavy atom. The molecule has 114 valence electrons. The minimum absolute atomic E-state index is 0.116. The van der Waals surface area contributed by atoms with Crippen LogP contribution in [0.4, 0.5) is 5.69 Å². The molecule has 2 rings (SSSR count). The van der Waals surface area contributed by atoms with Gasteiger partial charge in [-0.2, -0.15) is 0 Å². The number of nitrogens with one attached hydrogen (secondary N) is 1. The van der Waals surface area contributed by atoms with Crippen LogP contribution in [0.15, 0.2) is 54.6 Å². The number of unbranched alkanes of at least 4 members (excludes halogenated alkanes) is 1. The second-order valence-electron chi connectivity index (χ2n) is 5.00. The first kappa shape index (κ1) is 15.8. The first-order chi connectivity index (χ1) is 10.7. The van der Waals surface area contributed by atoms with Crippen LogP contribution >= 0.6 is 0 Å². The Morgan fingerprint density at radius 1 is 1.09 bits per heavy atom. The highest BCUT2D eigenvalue weighted by Gasteiger charge is 2.05. The third-order valence-electron chi connectivity index (χ3n) is 3.29. The van der Waals surface area contributed by atoms with Crippen LogP contribution in [0.25, 0.3) is 6.08 Å². The van der Waals surface area contributed by atoms with Crippen molar-refractivity contribution >= 4 is 17.7 Å². The number of carbonyl (C=O) groups excluding carboxylic acids is 1. The number of hydrogen-bond donors (Lipinski definition) is 1. The molecule has 0 heterocycles. The summed E-state index contributed by atoms with van der Waals surface area (Å²) in [5.41, 5.74) is 2.50. The van der Waals surface area contributed by atoms with Crippen LogP contribution in [-0.2, 0) is 0 Å². The summed E-state index contributed by atoms with van der Waals surface area (Å²) in [5.74, 6) is 0.649. The molecule has 3 heteroatoms. The van der Waals surface area contributed by atoms with Gasteiger partial charge in [0.2, 0.25) is 0 Å². The van der Waals surface area contributed by atoms with E-state index in [0.29, 0.717) is 5.56 Å². The number of anilines is 1. The second-order valence-corrected chi connectivity index (χ2v) is 5.00. The molecule has 2 aromatic carbocycles. The van der Waals surface area contributed by atoms with Gasteiger partial charge in [0.1, 0.15) is 5.75 Å². The summed E-state index contributed by atoms with van der Waals surface area (Å²) >= 11 is 0. The molecular weight excluding hydrogens is 274 g/mol. The topological polar surface area (TPSA) is 38.3 Å². The van der Waals surface area contributed by atoms with E-state index < -0.39 is 0 Å². The molecule has 2 aromatic rings. The fourth-order valence-corrected chi connectivity index (χ4v) is 2.01. The number of rotatable bonds is 6. The molecule has 22 heavy (non-hydrogen) atoms. The molecule has 0 aromatic heterocycles. The molecule has 1 amide bonds. The van der Waals surface area contributed by atoms with E-state index in [9.17, 15) is 4.79 Å². The van der Waals surface area contributed by atoms with Gasteiger partial charge in [-0.05, 0) is 48.4 Å².